The summed E-state index contributed by atoms with van der Waals surface area (Å²) in [6.07, 6.45) is 2.69. The number of nitrogens with zero attached hydrogens (tertiary/aromatic N) is 3. The Balaban J connectivity index is 1.42. The minimum Gasteiger partial charge on any atom is -0.458 e. The lowest BCUT2D eigenvalue weighted by Gasteiger charge is -2.31. The van der Waals surface area contributed by atoms with Gasteiger partial charge in [0.2, 0.25) is 0 Å². The molecule has 8 nitrogen and oxygen atoms in total. The Morgan fingerprint density at radius 1 is 1.17 bits per heavy atom. The summed E-state index contributed by atoms with van der Waals surface area (Å²) in [6, 6.07) is 9.83. The van der Waals surface area contributed by atoms with Crippen molar-refractivity contribution < 1.29 is 14.6 Å². The third-order valence-electron chi connectivity index (χ3n) is 7.82. The summed E-state index contributed by atoms with van der Waals surface area (Å²) in [4.78, 5) is 33.4. The molecule has 0 aliphatic carbocycles. The second kappa shape index (κ2) is 8.55. The van der Waals surface area contributed by atoms with Crippen molar-refractivity contribution in [3.8, 4) is 11.4 Å². The molecule has 2 N–H and O–H groups in total. The fraction of sp³-hybridized carbons (Fsp3) is 0.444. The molecule has 0 spiro atoms. The van der Waals surface area contributed by atoms with Crippen molar-refractivity contribution in [2.24, 2.45) is 0 Å². The van der Waals surface area contributed by atoms with Crippen LogP contribution in [0.25, 0.3) is 22.3 Å². The van der Waals surface area contributed by atoms with E-state index in [1.54, 1.807) is 17.6 Å². The summed E-state index contributed by atoms with van der Waals surface area (Å²) in [5, 5.41) is 15.8. The Bertz CT molecular complexity index is 1390. The van der Waals surface area contributed by atoms with Gasteiger partial charge in [-0.3, -0.25) is 4.79 Å². The Kier molecular flexibility index (Phi) is 5.47. The van der Waals surface area contributed by atoms with Crippen LogP contribution in [0.5, 0.6) is 0 Å². The first-order valence-corrected chi connectivity index (χ1v) is 12.5. The summed E-state index contributed by atoms with van der Waals surface area (Å²) < 4.78 is 6.90. The number of nitrogens with one attached hydrogen (secondary N) is 1. The third-order valence-corrected chi connectivity index (χ3v) is 7.82. The Morgan fingerprint density at radius 3 is 2.77 bits per heavy atom. The number of likely N-dealkylation sites (tertiary alicyclic amines) is 1. The highest BCUT2D eigenvalue weighted by Gasteiger charge is 2.45. The molecule has 6 rings (SSSR count). The number of ether oxygens (including phenoxy) is 1. The van der Waals surface area contributed by atoms with Gasteiger partial charge in [-0.1, -0.05) is 25.1 Å². The maximum atomic E-state index is 13.5. The number of carbonyl (C=O) groups is 1. The van der Waals surface area contributed by atoms with Crippen LogP contribution in [0.3, 0.4) is 0 Å². The van der Waals surface area contributed by atoms with Gasteiger partial charge in [-0.2, -0.15) is 0 Å². The number of esters is 1. The Labute approximate surface area is 203 Å². The second-order valence-corrected chi connectivity index (χ2v) is 9.76. The van der Waals surface area contributed by atoms with Crippen LogP contribution in [-0.4, -0.2) is 51.7 Å². The van der Waals surface area contributed by atoms with Crippen LogP contribution in [0.4, 0.5) is 0 Å². The van der Waals surface area contributed by atoms with Crippen LogP contribution in [0.1, 0.15) is 48.4 Å². The maximum absolute atomic E-state index is 13.5. The average molecular weight is 475 g/mol. The van der Waals surface area contributed by atoms with Crippen molar-refractivity contribution >= 4 is 16.9 Å². The minimum atomic E-state index is -1.82. The van der Waals surface area contributed by atoms with Gasteiger partial charge in [-0.05, 0) is 50.0 Å². The number of benzene rings is 1. The molecule has 0 amide bonds. The van der Waals surface area contributed by atoms with Crippen LogP contribution in [0.2, 0.25) is 0 Å². The largest absolute Gasteiger partial charge is 0.458 e. The molecule has 8 heteroatoms. The molecule has 1 saturated heterocycles. The number of rotatable bonds is 6. The van der Waals surface area contributed by atoms with Gasteiger partial charge in [0.1, 0.15) is 6.61 Å². The van der Waals surface area contributed by atoms with Crippen molar-refractivity contribution in [3.63, 3.8) is 0 Å². The predicted octanol–water partition coefficient (Wildman–Crippen LogP) is 2.27. The summed E-state index contributed by atoms with van der Waals surface area (Å²) in [7, 11) is 0. The Hall–Kier alpha value is -3.07. The first-order chi connectivity index (χ1) is 17.0. The predicted molar refractivity (Wildman–Crippen MR) is 132 cm³/mol. The molecule has 3 aromatic rings. The van der Waals surface area contributed by atoms with Crippen molar-refractivity contribution in [1.82, 2.24) is 19.8 Å². The summed E-state index contributed by atoms with van der Waals surface area (Å²) in [5.74, 6) is -0.704. The third kappa shape index (κ3) is 3.51. The molecule has 1 fully saturated rings. The number of pyridine rings is 2. The summed E-state index contributed by atoms with van der Waals surface area (Å²) >= 11 is 0. The lowest BCUT2D eigenvalue weighted by molar-refractivity contribution is -0.172. The number of cyclic esters (lactones) is 1. The standard InChI is InChI=1S/C27H30N4O4/c1-2-27(34)21-13-23-24-19(15-31(23)25(32)20(21)16-35-26(27)33)18(17-7-3-4-8-22(17)29-24)14-28-9-12-30-10-5-6-11-30/h3-4,7-8,13,28,34H,2,5-6,9-12,14-16H2,1H3/t27-/m0/s1. The van der Waals surface area contributed by atoms with Crippen LogP contribution in [0, 0.1) is 0 Å². The van der Waals surface area contributed by atoms with E-state index >= 15 is 0 Å². The first kappa shape index (κ1) is 22.4. The molecule has 3 aliphatic heterocycles. The maximum Gasteiger partial charge on any atom is 0.343 e. The van der Waals surface area contributed by atoms with Gasteiger partial charge in [0.15, 0.2) is 5.60 Å². The molecule has 0 unspecified atom stereocenters. The van der Waals surface area contributed by atoms with Crippen LogP contribution >= 0.6 is 0 Å². The number of carbonyl (C=O) groups excluding carboxylic acids is 1. The van der Waals surface area contributed by atoms with Gasteiger partial charge in [0.05, 0.1) is 29.0 Å². The van der Waals surface area contributed by atoms with E-state index in [1.807, 2.05) is 18.2 Å². The van der Waals surface area contributed by atoms with Crippen LogP contribution in [0.15, 0.2) is 35.1 Å². The second-order valence-electron chi connectivity index (χ2n) is 9.76. The number of fused-ring (bicyclic) bond motifs is 5. The molecule has 182 valence electrons. The van der Waals surface area contributed by atoms with Gasteiger partial charge in [-0.25, -0.2) is 9.78 Å². The molecule has 35 heavy (non-hydrogen) atoms. The normalized spacial score (nSPS) is 21.1. The Morgan fingerprint density at radius 2 is 1.97 bits per heavy atom. The van der Waals surface area contributed by atoms with E-state index in [-0.39, 0.29) is 18.6 Å². The molecule has 3 aliphatic rings. The molecule has 0 bridgehead atoms. The van der Waals surface area contributed by atoms with Crippen molar-refractivity contribution in [2.45, 2.75) is 51.5 Å². The lowest BCUT2D eigenvalue weighted by atomic mass is 9.86. The minimum absolute atomic E-state index is 0.119. The number of aromatic nitrogens is 2. The smallest absolute Gasteiger partial charge is 0.343 e. The summed E-state index contributed by atoms with van der Waals surface area (Å²) in [6.45, 7) is 6.97. The lowest BCUT2D eigenvalue weighted by Crippen LogP contribution is -2.44. The monoisotopic (exact) mass is 474 g/mol. The topological polar surface area (TPSA) is 96.7 Å². The van der Waals surface area contributed by atoms with Gasteiger partial charge in [0, 0.05) is 36.1 Å². The van der Waals surface area contributed by atoms with Crippen molar-refractivity contribution in [1.29, 1.82) is 0 Å². The zero-order chi connectivity index (χ0) is 24.2. The molecule has 0 saturated carbocycles. The van der Waals surface area contributed by atoms with Gasteiger partial charge in [0.25, 0.3) is 5.56 Å². The number of para-hydroxylation sites is 1. The molecule has 5 heterocycles. The van der Waals surface area contributed by atoms with Gasteiger partial charge >= 0.3 is 5.97 Å². The van der Waals surface area contributed by atoms with Crippen LogP contribution in [-0.2, 0) is 34.8 Å². The van der Waals surface area contributed by atoms with E-state index in [9.17, 15) is 14.7 Å². The van der Waals surface area contributed by atoms with E-state index in [2.05, 4.69) is 16.3 Å². The highest BCUT2D eigenvalue weighted by Crippen LogP contribution is 2.40. The average Bonchev–Trinajstić information content (AvgIpc) is 3.52. The highest BCUT2D eigenvalue weighted by atomic mass is 16.6. The number of hydrogen-bond donors (Lipinski definition) is 2. The summed E-state index contributed by atoms with van der Waals surface area (Å²) in [5.41, 5.74) is 3.07. The molecule has 1 aromatic carbocycles. The molecule has 0 radical (unpaired) electrons. The van der Waals surface area contributed by atoms with Crippen LogP contribution < -0.4 is 10.9 Å². The molecular weight excluding hydrogens is 444 g/mol. The van der Waals surface area contributed by atoms with Gasteiger partial charge in [-0.15, -0.1) is 0 Å². The van der Waals surface area contributed by atoms with E-state index in [0.717, 1.165) is 40.8 Å². The van der Waals surface area contributed by atoms with Crippen molar-refractivity contribution in [2.75, 3.05) is 26.2 Å². The van der Waals surface area contributed by atoms with Gasteiger partial charge < -0.3 is 24.6 Å². The number of hydrogen-bond acceptors (Lipinski definition) is 7. The number of aliphatic hydroxyl groups is 1. The van der Waals surface area contributed by atoms with E-state index < -0.39 is 11.6 Å². The zero-order valence-corrected chi connectivity index (χ0v) is 20.0. The fourth-order valence-corrected chi connectivity index (χ4v) is 5.77. The fourth-order valence-electron chi connectivity index (χ4n) is 5.77. The zero-order valence-electron chi connectivity index (χ0n) is 20.0. The highest BCUT2D eigenvalue weighted by molar-refractivity contribution is 5.89. The van der Waals surface area contributed by atoms with E-state index in [4.69, 9.17) is 9.72 Å². The van der Waals surface area contributed by atoms with E-state index in [1.165, 1.54) is 25.9 Å². The first-order valence-electron chi connectivity index (χ1n) is 12.5. The van der Waals surface area contributed by atoms with Crippen molar-refractivity contribution in [3.05, 3.63) is 62.9 Å². The quantitative estimate of drug-likeness (QED) is 0.327. The molecule has 1 atom stereocenters. The van der Waals surface area contributed by atoms with E-state index in [0.29, 0.717) is 29.9 Å². The SMILES string of the molecule is CC[C@@]1(O)C(=O)OCc2c1cc1n(c2=O)Cc2c-1nc1ccccc1c2CNCCN1CCCC1. The molecular formula is C27H30N4O4. The molecule has 2 aromatic heterocycles.